The summed E-state index contributed by atoms with van der Waals surface area (Å²) in [5.41, 5.74) is 1.64. The summed E-state index contributed by atoms with van der Waals surface area (Å²) >= 11 is 6.05. The number of hydrogen-bond donors (Lipinski definition) is 1. The lowest BCUT2D eigenvalue weighted by atomic mass is 9.91. The number of carboxylic acids is 1. The van der Waals surface area contributed by atoms with Gasteiger partial charge in [0.25, 0.3) is 0 Å². The fourth-order valence-corrected chi connectivity index (χ4v) is 2.64. The minimum Gasteiger partial charge on any atom is -0.481 e. The summed E-state index contributed by atoms with van der Waals surface area (Å²) in [6.07, 6.45) is 0.0441. The summed E-state index contributed by atoms with van der Waals surface area (Å²) < 4.78 is 0. The first-order valence-corrected chi connectivity index (χ1v) is 6.04. The Labute approximate surface area is 110 Å². The molecule has 0 aliphatic carbocycles. The van der Waals surface area contributed by atoms with E-state index in [4.69, 9.17) is 11.6 Å². The Morgan fingerprint density at radius 1 is 1.50 bits per heavy atom. The maximum absolute atomic E-state index is 11.7. The van der Waals surface area contributed by atoms with E-state index in [1.165, 1.54) is 4.90 Å². The Morgan fingerprint density at radius 2 is 2.17 bits per heavy atom. The molecule has 5 heteroatoms. The van der Waals surface area contributed by atoms with Crippen molar-refractivity contribution in [1.82, 2.24) is 4.90 Å². The number of hydrogen-bond acceptors (Lipinski definition) is 2. The molecule has 0 saturated carbocycles. The second-order valence-corrected chi connectivity index (χ2v) is 4.96. The number of likely N-dealkylation sites (tertiary alicyclic amines) is 1. The zero-order chi connectivity index (χ0) is 13.4. The van der Waals surface area contributed by atoms with Gasteiger partial charge in [-0.1, -0.05) is 23.7 Å². The summed E-state index contributed by atoms with van der Waals surface area (Å²) in [5, 5.41) is 9.82. The molecule has 0 spiro atoms. The van der Waals surface area contributed by atoms with E-state index in [0.29, 0.717) is 5.02 Å². The summed E-state index contributed by atoms with van der Waals surface area (Å²) in [4.78, 5) is 24.5. The van der Waals surface area contributed by atoms with Gasteiger partial charge in [0.15, 0.2) is 0 Å². The van der Waals surface area contributed by atoms with Crippen LogP contribution in [-0.2, 0) is 9.59 Å². The van der Waals surface area contributed by atoms with Crippen molar-refractivity contribution in [3.63, 3.8) is 0 Å². The minimum atomic E-state index is -0.947. The van der Waals surface area contributed by atoms with Gasteiger partial charge in [-0.05, 0) is 24.1 Å². The zero-order valence-corrected chi connectivity index (χ0v) is 10.9. The Kier molecular flexibility index (Phi) is 3.30. The standard InChI is InChI=1S/C13H14ClNO3/c1-7-8(4-3-5-10(7)14)12-9(13(17)18)6-11(16)15(12)2/h3-5,9,12H,6H2,1-2H3,(H,17,18). The fraction of sp³-hybridized carbons (Fsp3) is 0.385. The molecule has 1 saturated heterocycles. The van der Waals surface area contributed by atoms with Crippen molar-refractivity contribution in [2.75, 3.05) is 7.05 Å². The van der Waals surface area contributed by atoms with Crippen molar-refractivity contribution in [2.45, 2.75) is 19.4 Å². The second-order valence-electron chi connectivity index (χ2n) is 4.55. The first-order valence-electron chi connectivity index (χ1n) is 5.67. The monoisotopic (exact) mass is 267 g/mol. The van der Waals surface area contributed by atoms with Crippen LogP contribution in [0, 0.1) is 12.8 Å². The topological polar surface area (TPSA) is 57.6 Å². The van der Waals surface area contributed by atoms with Gasteiger partial charge in [-0.2, -0.15) is 0 Å². The predicted molar refractivity (Wildman–Crippen MR) is 67.4 cm³/mol. The van der Waals surface area contributed by atoms with E-state index in [1.54, 1.807) is 19.2 Å². The molecule has 18 heavy (non-hydrogen) atoms. The molecule has 1 aliphatic heterocycles. The van der Waals surface area contributed by atoms with Gasteiger partial charge in [0.05, 0.1) is 12.0 Å². The first-order chi connectivity index (χ1) is 8.43. The number of amides is 1. The SMILES string of the molecule is Cc1c(Cl)cccc1C1C(C(=O)O)CC(=O)N1C. The molecule has 0 radical (unpaired) electrons. The molecule has 1 amide bonds. The van der Waals surface area contributed by atoms with Crippen molar-refractivity contribution in [2.24, 2.45) is 5.92 Å². The van der Waals surface area contributed by atoms with Crippen LogP contribution in [0.4, 0.5) is 0 Å². The molecule has 1 aromatic rings. The second kappa shape index (κ2) is 4.61. The number of carbonyl (C=O) groups excluding carboxylic acids is 1. The Bertz CT molecular complexity index is 515. The van der Waals surface area contributed by atoms with Crippen molar-refractivity contribution in [3.8, 4) is 0 Å². The molecule has 1 N–H and O–H groups in total. The third kappa shape index (κ3) is 1.97. The molecule has 2 rings (SSSR count). The average molecular weight is 268 g/mol. The Hall–Kier alpha value is -1.55. The smallest absolute Gasteiger partial charge is 0.309 e. The van der Waals surface area contributed by atoms with Gasteiger partial charge in [-0.3, -0.25) is 9.59 Å². The van der Waals surface area contributed by atoms with Crippen LogP contribution in [0.1, 0.15) is 23.6 Å². The van der Waals surface area contributed by atoms with Crippen LogP contribution in [0.15, 0.2) is 18.2 Å². The molecule has 96 valence electrons. The predicted octanol–water partition coefficient (Wildman–Crippen LogP) is 2.25. The van der Waals surface area contributed by atoms with Gasteiger partial charge in [0.1, 0.15) is 0 Å². The molecule has 1 heterocycles. The van der Waals surface area contributed by atoms with Crippen LogP contribution >= 0.6 is 11.6 Å². The van der Waals surface area contributed by atoms with E-state index in [2.05, 4.69) is 0 Å². The molecule has 1 fully saturated rings. The van der Waals surface area contributed by atoms with E-state index < -0.39 is 17.9 Å². The zero-order valence-electron chi connectivity index (χ0n) is 10.2. The highest BCUT2D eigenvalue weighted by atomic mass is 35.5. The normalized spacial score (nSPS) is 23.5. The van der Waals surface area contributed by atoms with E-state index in [9.17, 15) is 14.7 Å². The summed E-state index contributed by atoms with van der Waals surface area (Å²) in [7, 11) is 1.64. The molecular formula is C13H14ClNO3. The number of nitrogens with zero attached hydrogens (tertiary/aromatic N) is 1. The van der Waals surface area contributed by atoms with Crippen LogP contribution in [0.3, 0.4) is 0 Å². The van der Waals surface area contributed by atoms with Gasteiger partial charge in [0.2, 0.25) is 5.91 Å². The van der Waals surface area contributed by atoms with Gasteiger partial charge in [0, 0.05) is 18.5 Å². The third-order valence-corrected chi connectivity index (χ3v) is 3.94. The molecule has 1 aliphatic rings. The molecule has 2 atom stereocenters. The maximum atomic E-state index is 11.7. The lowest BCUT2D eigenvalue weighted by molar-refractivity contribution is -0.142. The maximum Gasteiger partial charge on any atom is 0.309 e. The van der Waals surface area contributed by atoms with Crippen LogP contribution in [0.25, 0.3) is 0 Å². The lowest BCUT2D eigenvalue weighted by Crippen LogP contribution is -2.27. The Balaban J connectivity index is 2.49. The van der Waals surface area contributed by atoms with E-state index >= 15 is 0 Å². The third-order valence-electron chi connectivity index (χ3n) is 3.53. The highest BCUT2D eigenvalue weighted by Crippen LogP contribution is 2.39. The van der Waals surface area contributed by atoms with Crippen molar-refractivity contribution in [3.05, 3.63) is 34.3 Å². The Morgan fingerprint density at radius 3 is 2.78 bits per heavy atom. The molecule has 1 aromatic carbocycles. The molecule has 2 unspecified atom stereocenters. The minimum absolute atomic E-state index is 0.0441. The van der Waals surface area contributed by atoms with E-state index in [-0.39, 0.29) is 12.3 Å². The highest BCUT2D eigenvalue weighted by molar-refractivity contribution is 6.31. The number of carboxylic acid groups (broad SMARTS) is 1. The van der Waals surface area contributed by atoms with Crippen LogP contribution in [0.2, 0.25) is 5.02 Å². The highest BCUT2D eigenvalue weighted by Gasteiger charge is 2.43. The van der Waals surface area contributed by atoms with Crippen LogP contribution in [-0.4, -0.2) is 28.9 Å². The molecular weight excluding hydrogens is 254 g/mol. The first kappa shape index (κ1) is 12.9. The van der Waals surface area contributed by atoms with Crippen LogP contribution < -0.4 is 0 Å². The van der Waals surface area contributed by atoms with Gasteiger partial charge < -0.3 is 10.0 Å². The van der Waals surface area contributed by atoms with Crippen LogP contribution in [0.5, 0.6) is 0 Å². The fourth-order valence-electron chi connectivity index (χ4n) is 2.46. The number of benzene rings is 1. The number of rotatable bonds is 2. The number of carbonyl (C=O) groups is 2. The molecule has 4 nitrogen and oxygen atoms in total. The molecule has 0 bridgehead atoms. The van der Waals surface area contributed by atoms with E-state index in [1.807, 2.05) is 13.0 Å². The summed E-state index contributed by atoms with van der Waals surface area (Å²) in [6, 6.07) is 4.93. The van der Waals surface area contributed by atoms with Crippen molar-refractivity contribution in [1.29, 1.82) is 0 Å². The van der Waals surface area contributed by atoms with Gasteiger partial charge in [-0.15, -0.1) is 0 Å². The molecule has 0 aromatic heterocycles. The van der Waals surface area contributed by atoms with Crippen molar-refractivity contribution < 1.29 is 14.7 Å². The van der Waals surface area contributed by atoms with Gasteiger partial charge in [-0.25, -0.2) is 0 Å². The number of aliphatic carboxylic acids is 1. The van der Waals surface area contributed by atoms with E-state index in [0.717, 1.165) is 11.1 Å². The van der Waals surface area contributed by atoms with Gasteiger partial charge >= 0.3 is 5.97 Å². The average Bonchev–Trinajstić information content (AvgIpc) is 2.60. The number of halogens is 1. The van der Waals surface area contributed by atoms with Crippen molar-refractivity contribution >= 4 is 23.5 Å². The summed E-state index contributed by atoms with van der Waals surface area (Å²) in [5.74, 6) is -1.80. The largest absolute Gasteiger partial charge is 0.481 e. The lowest BCUT2D eigenvalue weighted by Gasteiger charge is -2.25. The summed E-state index contributed by atoms with van der Waals surface area (Å²) in [6.45, 7) is 1.84. The quantitative estimate of drug-likeness (QED) is 0.894.